The van der Waals surface area contributed by atoms with E-state index in [4.69, 9.17) is 6.42 Å². The predicted octanol–water partition coefficient (Wildman–Crippen LogP) is 3.42. The molecule has 0 radical (unpaired) electrons. The fourth-order valence-corrected chi connectivity index (χ4v) is 2.73. The Morgan fingerprint density at radius 2 is 1.84 bits per heavy atom. The molecule has 1 atom stereocenters. The molecule has 25 heavy (non-hydrogen) atoms. The molecular weight excluding hydrogens is 310 g/mol. The van der Waals surface area contributed by atoms with E-state index in [0.717, 1.165) is 12.0 Å². The van der Waals surface area contributed by atoms with Crippen LogP contribution in [0.15, 0.2) is 60.8 Å². The van der Waals surface area contributed by atoms with Crippen molar-refractivity contribution < 1.29 is 4.79 Å². The van der Waals surface area contributed by atoms with Crippen LogP contribution in [0.1, 0.15) is 28.5 Å². The Kier molecular flexibility index (Phi) is 4.96. The fourth-order valence-electron chi connectivity index (χ4n) is 2.73. The van der Waals surface area contributed by atoms with Crippen molar-refractivity contribution in [2.45, 2.75) is 19.4 Å². The lowest BCUT2D eigenvalue weighted by Crippen LogP contribution is -2.34. The number of nitrogens with one attached hydrogen (secondary N) is 2. The highest BCUT2D eigenvalue weighted by atomic mass is 16.2. The molecule has 1 unspecified atom stereocenters. The molecule has 2 N–H and O–H groups in total. The van der Waals surface area contributed by atoms with Crippen LogP contribution in [0.3, 0.4) is 0 Å². The molecule has 0 saturated heterocycles. The van der Waals surface area contributed by atoms with E-state index in [-0.39, 0.29) is 11.9 Å². The number of nitrogens with zero attached hydrogens (tertiary/aromatic N) is 1. The Hall–Kier alpha value is -3.32. The van der Waals surface area contributed by atoms with Crippen molar-refractivity contribution in [2.75, 3.05) is 0 Å². The quantitative estimate of drug-likeness (QED) is 0.705. The molecule has 0 aliphatic heterocycles. The van der Waals surface area contributed by atoms with Crippen LogP contribution in [0.2, 0.25) is 0 Å². The lowest BCUT2D eigenvalue weighted by molar-refractivity contribution is 0.0935. The van der Waals surface area contributed by atoms with Gasteiger partial charge in [-0.15, -0.1) is 6.42 Å². The first-order valence-corrected chi connectivity index (χ1v) is 8.12. The van der Waals surface area contributed by atoms with Crippen LogP contribution in [-0.4, -0.2) is 22.1 Å². The summed E-state index contributed by atoms with van der Waals surface area (Å²) in [6.45, 7) is 1.97. The minimum atomic E-state index is -0.237. The average Bonchev–Trinajstić information content (AvgIpc) is 3.12. The van der Waals surface area contributed by atoms with Crippen molar-refractivity contribution in [3.63, 3.8) is 0 Å². The molecule has 3 rings (SSSR count). The van der Waals surface area contributed by atoms with E-state index in [9.17, 15) is 4.79 Å². The van der Waals surface area contributed by atoms with Gasteiger partial charge in [0.1, 0.15) is 5.69 Å². The molecule has 3 aromatic rings. The van der Waals surface area contributed by atoms with E-state index >= 15 is 0 Å². The van der Waals surface area contributed by atoms with Gasteiger partial charge in [-0.3, -0.25) is 9.89 Å². The number of H-pyrrole nitrogens is 1. The molecule has 0 aliphatic rings. The van der Waals surface area contributed by atoms with Gasteiger partial charge in [-0.25, -0.2) is 0 Å². The summed E-state index contributed by atoms with van der Waals surface area (Å²) in [4.78, 5) is 12.2. The largest absolute Gasteiger partial charge is 0.348 e. The normalized spacial score (nSPS) is 11.5. The van der Waals surface area contributed by atoms with E-state index in [2.05, 4.69) is 57.8 Å². The van der Waals surface area contributed by atoms with Crippen molar-refractivity contribution in [3.8, 4) is 23.5 Å². The zero-order chi connectivity index (χ0) is 17.6. The third-order valence-electron chi connectivity index (χ3n) is 4.00. The molecule has 1 amide bonds. The van der Waals surface area contributed by atoms with E-state index in [1.807, 2.05) is 25.1 Å². The van der Waals surface area contributed by atoms with E-state index < -0.39 is 0 Å². The summed E-state index contributed by atoms with van der Waals surface area (Å²) >= 11 is 0. The van der Waals surface area contributed by atoms with Crippen LogP contribution < -0.4 is 5.32 Å². The van der Waals surface area contributed by atoms with Crippen molar-refractivity contribution in [1.29, 1.82) is 0 Å². The second-order valence-electron chi connectivity index (χ2n) is 5.94. The SMILES string of the molecule is C#Cc1cn[nH]c1C(=O)NC(C)Cc1ccc(-c2ccccc2)cc1. The third-order valence-corrected chi connectivity index (χ3v) is 4.00. The highest BCUT2D eigenvalue weighted by molar-refractivity contribution is 5.94. The molecule has 0 bridgehead atoms. The van der Waals surface area contributed by atoms with E-state index in [1.54, 1.807) is 0 Å². The number of amides is 1. The standard InChI is InChI=1S/C21H19N3O/c1-3-17-14-22-24-20(17)21(25)23-15(2)13-16-9-11-19(12-10-16)18-7-5-4-6-8-18/h1,4-12,14-15H,13H2,2H3,(H,22,24)(H,23,25). The number of terminal acetylenes is 1. The number of hydrogen-bond acceptors (Lipinski definition) is 2. The number of carbonyl (C=O) groups is 1. The molecule has 0 saturated carbocycles. The number of rotatable bonds is 5. The van der Waals surface area contributed by atoms with Crippen molar-refractivity contribution in [2.24, 2.45) is 0 Å². The van der Waals surface area contributed by atoms with Gasteiger partial charge >= 0.3 is 0 Å². The van der Waals surface area contributed by atoms with E-state index in [1.165, 1.54) is 17.3 Å². The lowest BCUT2D eigenvalue weighted by atomic mass is 10.0. The topological polar surface area (TPSA) is 57.8 Å². The molecule has 1 aromatic heterocycles. The van der Waals surface area contributed by atoms with Crippen molar-refractivity contribution in [1.82, 2.24) is 15.5 Å². The van der Waals surface area contributed by atoms with Gasteiger partial charge in [0.05, 0.1) is 11.8 Å². The number of aromatic nitrogens is 2. The molecule has 124 valence electrons. The highest BCUT2D eigenvalue weighted by Gasteiger charge is 2.15. The predicted molar refractivity (Wildman–Crippen MR) is 99.0 cm³/mol. The van der Waals surface area contributed by atoms with Crippen LogP contribution in [0.25, 0.3) is 11.1 Å². The second-order valence-corrected chi connectivity index (χ2v) is 5.94. The van der Waals surface area contributed by atoms with Crippen LogP contribution >= 0.6 is 0 Å². The van der Waals surface area contributed by atoms with E-state index in [0.29, 0.717) is 11.3 Å². The van der Waals surface area contributed by atoms with Crippen LogP contribution in [0.5, 0.6) is 0 Å². The Morgan fingerprint density at radius 3 is 2.52 bits per heavy atom. The summed E-state index contributed by atoms with van der Waals surface area (Å²) < 4.78 is 0. The molecule has 0 fully saturated rings. The molecule has 4 heteroatoms. The van der Waals surface area contributed by atoms with Crippen LogP contribution in [0.4, 0.5) is 0 Å². The number of carbonyl (C=O) groups excluding carboxylic acids is 1. The Balaban J connectivity index is 1.62. The van der Waals surface area contributed by atoms with Gasteiger partial charge in [-0.2, -0.15) is 5.10 Å². The van der Waals surface area contributed by atoms with Crippen LogP contribution in [-0.2, 0) is 6.42 Å². The zero-order valence-electron chi connectivity index (χ0n) is 14.0. The van der Waals surface area contributed by atoms with Crippen molar-refractivity contribution >= 4 is 5.91 Å². The lowest BCUT2D eigenvalue weighted by Gasteiger charge is -2.14. The first-order chi connectivity index (χ1) is 12.2. The van der Waals surface area contributed by atoms with Crippen molar-refractivity contribution in [3.05, 3.63) is 77.6 Å². The summed E-state index contributed by atoms with van der Waals surface area (Å²) in [5.74, 6) is 2.21. The highest BCUT2D eigenvalue weighted by Crippen LogP contribution is 2.19. The summed E-state index contributed by atoms with van der Waals surface area (Å²) in [5.41, 5.74) is 4.33. The zero-order valence-corrected chi connectivity index (χ0v) is 14.0. The average molecular weight is 329 g/mol. The summed E-state index contributed by atoms with van der Waals surface area (Å²) in [5, 5.41) is 9.41. The van der Waals surface area contributed by atoms with Crippen LogP contribution in [0, 0.1) is 12.3 Å². The van der Waals surface area contributed by atoms with Gasteiger partial charge in [0.15, 0.2) is 0 Å². The molecule has 2 aromatic carbocycles. The first-order valence-electron chi connectivity index (χ1n) is 8.12. The van der Waals surface area contributed by atoms with Gasteiger partial charge in [0.2, 0.25) is 0 Å². The van der Waals surface area contributed by atoms with Gasteiger partial charge in [0, 0.05) is 6.04 Å². The first kappa shape index (κ1) is 16.5. The number of aromatic amines is 1. The van der Waals surface area contributed by atoms with Gasteiger partial charge in [0.25, 0.3) is 5.91 Å². The molecular formula is C21H19N3O. The minimum Gasteiger partial charge on any atom is -0.348 e. The maximum atomic E-state index is 12.2. The summed E-state index contributed by atoms with van der Waals surface area (Å²) in [7, 11) is 0. The third kappa shape index (κ3) is 3.96. The number of hydrogen-bond donors (Lipinski definition) is 2. The molecule has 0 aliphatic carbocycles. The Morgan fingerprint density at radius 1 is 1.16 bits per heavy atom. The molecule has 0 spiro atoms. The molecule has 1 heterocycles. The Labute approximate surface area is 147 Å². The second kappa shape index (κ2) is 7.50. The summed E-state index contributed by atoms with van der Waals surface area (Å²) in [6, 6.07) is 18.6. The fraction of sp³-hybridized carbons (Fsp3) is 0.143. The number of benzene rings is 2. The van der Waals surface area contributed by atoms with Gasteiger partial charge < -0.3 is 5.32 Å². The summed E-state index contributed by atoms with van der Waals surface area (Å²) in [6.07, 6.45) is 7.57. The minimum absolute atomic E-state index is 0.0241. The monoisotopic (exact) mass is 329 g/mol. The smallest absolute Gasteiger partial charge is 0.270 e. The van der Waals surface area contributed by atoms with Gasteiger partial charge in [-0.1, -0.05) is 60.5 Å². The Bertz CT molecular complexity index is 889. The maximum Gasteiger partial charge on any atom is 0.270 e. The van der Waals surface area contributed by atoms with Gasteiger partial charge in [-0.05, 0) is 30.0 Å². The maximum absolute atomic E-state index is 12.2. The molecule has 4 nitrogen and oxygen atoms in total.